The van der Waals surface area contributed by atoms with E-state index in [1.807, 2.05) is 48.5 Å². The van der Waals surface area contributed by atoms with Crippen molar-refractivity contribution in [1.29, 1.82) is 0 Å². The molecule has 110 valence electrons. The molecule has 1 unspecified atom stereocenters. The van der Waals surface area contributed by atoms with Crippen LogP contribution in [0.5, 0.6) is 0 Å². The van der Waals surface area contributed by atoms with Crippen molar-refractivity contribution in [2.24, 2.45) is 5.92 Å². The predicted molar refractivity (Wildman–Crippen MR) is 84.1 cm³/mol. The summed E-state index contributed by atoms with van der Waals surface area (Å²) in [6.07, 6.45) is 0.939. The Morgan fingerprint density at radius 1 is 1.05 bits per heavy atom. The monoisotopic (exact) mass is 283 g/mol. The molecule has 0 amide bonds. The van der Waals surface area contributed by atoms with E-state index in [9.17, 15) is 9.90 Å². The molecule has 0 aliphatic rings. The first-order valence-electron chi connectivity index (χ1n) is 7.22. The van der Waals surface area contributed by atoms with Crippen LogP contribution in [-0.2, 0) is 11.2 Å². The van der Waals surface area contributed by atoms with E-state index in [1.165, 1.54) is 5.56 Å². The van der Waals surface area contributed by atoms with Gasteiger partial charge in [0.05, 0.1) is 0 Å². The first-order chi connectivity index (χ1) is 10.2. The molecule has 0 fully saturated rings. The smallest absolute Gasteiger partial charge is 0.325 e. The summed E-state index contributed by atoms with van der Waals surface area (Å²) in [5, 5.41) is 12.5. The molecule has 0 saturated heterocycles. The molecule has 2 atom stereocenters. The van der Waals surface area contributed by atoms with Gasteiger partial charge in [-0.2, -0.15) is 0 Å². The van der Waals surface area contributed by atoms with Crippen molar-refractivity contribution in [2.45, 2.75) is 19.4 Å². The average Bonchev–Trinajstić information content (AvgIpc) is 2.49. The molecule has 0 aliphatic heterocycles. The second-order valence-electron chi connectivity index (χ2n) is 5.39. The lowest BCUT2D eigenvalue weighted by Crippen LogP contribution is -2.32. The molecule has 0 saturated carbocycles. The minimum Gasteiger partial charge on any atom is -0.480 e. The third kappa shape index (κ3) is 4.72. The van der Waals surface area contributed by atoms with Gasteiger partial charge < -0.3 is 10.4 Å². The van der Waals surface area contributed by atoms with Crippen LogP contribution in [0.3, 0.4) is 0 Å². The SMILES string of the molecule is CC(CN[C@@H](C(=O)O)c1ccccc1)Cc1ccccc1. The van der Waals surface area contributed by atoms with E-state index in [4.69, 9.17) is 0 Å². The van der Waals surface area contributed by atoms with Gasteiger partial charge in [-0.1, -0.05) is 67.6 Å². The average molecular weight is 283 g/mol. The van der Waals surface area contributed by atoms with E-state index >= 15 is 0 Å². The predicted octanol–water partition coefficient (Wildman–Crippen LogP) is 3.28. The van der Waals surface area contributed by atoms with Gasteiger partial charge in [0.2, 0.25) is 0 Å². The van der Waals surface area contributed by atoms with Crippen molar-refractivity contribution in [3.8, 4) is 0 Å². The number of carboxylic acids is 1. The van der Waals surface area contributed by atoms with Crippen LogP contribution in [0.1, 0.15) is 24.1 Å². The fourth-order valence-corrected chi connectivity index (χ4v) is 2.40. The molecule has 2 N–H and O–H groups in total. The van der Waals surface area contributed by atoms with E-state index in [2.05, 4.69) is 24.4 Å². The molecule has 2 aromatic carbocycles. The number of carboxylic acid groups (broad SMARTS) is 1. The Kier molecular flexibility index (Phi) is 5.52. The van der Waals surface area contributed by atoms with Crippen LogP contribution >= 0.6 is 0 Å². The van der Waals surface area contributed by atoms with Crippen LogP contribution in [0.2, 0.25) is 0 Å². The molecule has 0 aromatic heterocycles. The van der Waals surface area contributed by atoms with Crippen molar-refractivity contribution in [3.05, 3.63) is 71.8 Å². The van der Waals surface area contributed by atoms with Gasteiger partial charge in [0.1, 0.15) is 6.04 Å². The van der Waals surface area contributed by atoms with Crippen LogP contribution in [0.15, 0.2) is 60.7 Å². The minimum atomic E-state index is -0.840. The molecule has 3 nitrogen and oxygen atoms in total. The van der Waals surface area contributed by atoms with Gasteiger partial charge in [0.15, 0.2) is 0 Å². The maximum atomic E-state index is 11.4. The van der Waals surface area contributed by atoms with Crippen LogP contribution < -0.4 is 5.32 Å². The number of hydrogen-bond donors (Lipinski definition) is 2. The number of rotatable bonds is 7. The summed E-state index contributed by atoms with van der Waals surface area (Å²) in [5.74, 6) is -0.467. The summed E-state index contributed by atoms with van der Waals surface area (Å²) in [4.78, 5) is 11.4. The normalized spacial score (nSPS) is 13.6. The Balaban J connectivity index is 1.92. The van der Waals surface area contributed by atoms with E-state index < -0.39 is 12.0 Å². The van der Waals surface area contributed by atoms with Gasteiger partial charge >= 0.3 is 5.97 Å². The summed E-state index contributed by atoms with van der Waals surface area (Å²) in [7, 11) is 0. The molecule has 0 heterocycles. The second-order valence-corrected chi connectivity index (χ2v) is 5.39. The van der Waals surface area contributed by atoms with Crippen LogP contribution in [0, 0.1) is 5.92 Å². The molecule has 0 bridgehead atoms. The van der Waals surface area contributed by atoms with Crippen molar-refractivity contribution >= 4 is 5.97 Å². The number of benzene rings is 2. The Morgan fingerprint density at radius 2 is 1.62 bits per heavy atom. The van der Waals surface area contributed by atoms with Crippen LogP contribution in [-0.4, -0.2) is 17.6 Å². The molecule has 3 heteroatoms. The summed E-state index contributed by atoms with van der Waals surface area (Å²) >= 11 is 0. The Labute approximate surface area is 125 Å². The Bertz CT molecular complexity index is 554. The molecule has 2 aromatic rings. The second kappa shape index (κ2) is 7.60. The highest BCUT2D eigenvalue weighted by Crippen LogP contribution is 2.14. The lowest BCUT2D eigenvalue weighted by Gasteiger charge is -2.18. The molecule has 0 aliphatic carbocycles. The standard InChI is InChI=1S/C18H21NO2/c1-14(12-15-8-4-2-5-9-15)13-19-17(18(20)21)16-10-6-3-7-11-16/h2-11,14,17,19H,12-13H2,1H3,(H,20,21)/t14?,17-/m1/s1. The first kappa shape index (κ1) is 15.3. The summed E-state index contributed by atoms with van der Waals surface area (Å²) < 4.78 is 0. The third-order valence-corrected chi connectivity index (χ3v) is 3.48. The van der Waals surface area contributed by atoms with Crippen LogP contribution in [0.25, 0.3) is 0 Å². The maximum absolute atomic E-state index is 11.4. The van der Waals surface area contributed by atoms with Gasteiger partial charge in [-0.05, 0) is 30.0 Å². The van der Waals surface area contributed by atoms with Gasteiger partial charge in [-0.25, -0.2) is 0 Å². The summed E-state index contributed by atoms with van der Waals surface area (Å²) in [6, 6.07) is 18.9. The zero-order valence-electron chi connectivity index (χ0n) is 12.2. The molecule has 21 heavy (non-hydrogen) atoms. The highest BCUT2D eigenvalue weighted by Gasteiger charge is 2.19. The third-order valence-electron chi connectivity index (χ3n) is 3.48. The van der Waals surface area contributed by atoms with E-state index in [0.29, 0.717) is 12.5 Å². The Morgan fingerprint density at radius 3 is 2.19 bits per heavy atom. The van der Waals surface area contributed by atoms with Gasteiger partial charge in [0, 0.05) is 0 Å². The number of nitrogens with one attached hydrogen (secondary N) is 1. The van der Waals surface area contributed by atoms with E-state index in [1.54, 1.807) is 0 Å². The van der Waals surface area contributed by atoms with Crippen molar-refractivity contribution in [2.75, 3.05) is 6.54 Å². The quantitative estimate of drug-likeness (QED) is 0.820. The highest BCUT2D eigenvalue weighted by atomic mass is 16.4. The van der Waals surface area contributed by atoms with E-state index in [-0.39, 0.29) is 0 Å². The van der Waals surface area contributed by atoms with Gasteiger partial charge in [-0.3, -0.25) is 4.79 Å². The summed E-state index contributed by atoms with van der Waals surface area (Å²) in [5.41, 5.74) is 2.07. The molecule has 2 rings (SSSR count). The largest absolute Gasteiger partial charge is 0.480 e. The zero-order chi connectivity index (χ0) is 15.1. The fourth-order valence-electron chi connectivity index (χ4n) is 2.40. The van der Waals surface area contributed by atoms with Crippen LogP contribution in [0.4, 0.5) is 0 Å². The molecular formula is C18H21NO2. The topological polar surface area (TPSA) is 49.3 Å². The molecular weight excluding hydrogens is 262 g/mol. The molecule has 0 spiro atoms. The first-order valence-corrected chi connectivity index (χ1v) is 7.22. The number of carbonyl (C=O) groups is 1. The number of hydrogen-bond acceptors (Lipinski definition) is 2. The van der Waals surface area contributed by atoms with Crippen molar-refractivity contribution < 1.29 is 9.90 Å². The minimum absolute atomic E-state index is 0.373. The van der Waals surface area contributed by atoms with E-state index in [0.717, 1.165) is 12.0 Å². The lowest BCUT2D eigenvalue weighted by molar-refractivity contribution is -0.139. The Hall–Kier alpha value is -2.13. The van der Waals surface area contributed by atoms with Gasteiger partial charge in [-0.15, -0.1) is 0 Å². The number of aliphatic carboxylic acids is 1. The lowest BCUT2D eigenvalue weighted by atomic mass is 10.00. The highest BCUT2D eigenvalue weighted by molar-refractivity contribution is 5.75. The fraction of sp³-hybridized carbons (Fsp3) is 0.278. The van der Waals surface area contributed by atoms with Crippen molar-refractivity contribution in [1.82, 2.24) is 5.32 Å². The molecule has 0 radical (unpaired) electrons. The summed E-state index contributed by atoms with van der Waals surface area (Å²) in [6.45, 7) is 2.80. The van der Waals surface area contributed by atoms with Crippen molar-refractivity contribution in [3.63, 3.8) is 0 Å². The maximum Gasteiger partial charge on any atom is 0.325 e. The zero-order valence-corrected chi connectivity index (χ0v) is 12.2. The van der Waals surface area contributed by atoms with Gasteiger partial charge in [0.25, 0.3) is 0 Å².